The molecule has 0 bridgehead atoms. The Morgan fingerprint density at radius 2 is 1.61 bits per heavy atom. The summed E-state index contributed by atoms with van der Waals surface area (Å²) >= 11 is 0. The van der Waals surface area contributed by atoms with Crippen molar-refractivity contribution in [2.45, 2.75) is 72.1 Å². The van der Waals surface area contributed by atoms with Crippen molar-refractivity contribution in [1.82, 2.24) is 9.78 Å². The molecule has 0 saturated carbocycles. The van der Waals surface area contributed by atoms with Gasteiger partial charge < -0.3 is 18.2 Å². The number of hydrogen-bond donors (Lipinski definition) is 0. The Bertz CT molecular complexity index is 1220. The van der Waals surface area contributed by atoms with Crippen LogP contribution in [0.1, 0.15) is 51.4 Å². The fourth-order valence-electron chi connectivity index (χ4n) is 3.83. The summed E-state index contributed by atoms with van der Waals surface area (Å²) < 4.78 is 38.1. The van der Waals surface area contributed by atoms with E-state index in [-0.39, 0.29) is 11.2 Å². The highest BCUT2D eigenvalue weighted by Gasteiger charge is 2.37. The molecule has 0 spiro atoms. The smallest absolute Gasteiger partial charge is 0.336 e. The molecule has 38 heavy (non-hydrogen) atoms. The first-order valence-electron chi connectivity index (χ1n) is 13.2. The van der Waals surface area contributed by atoms with Crippen LogP contribution in [0.25, 0.3) is 11.3 Å². The molecule has 3 aromatic rings. The molecular formula is C29H43N2O5PSi. The SMILES string of the molecule is CCOP(=O)(Cc1cc(-c2cccc(CO[Si](C)(C)C(C)(C)C)c2)n(Cc2ccc(OC)cc2)n1)OCC. The first kappa shape index (κ1) is 30.3. The second kappa shape index (κ2) is 12.8. The lowest BCUT2D eigenvalue weighted by Gasteiger charge is -2.36. The predicted molar refractivity (Wildman–Crippen MR) is 156 cm³/mol. The molecule has 2 aromatic carbocycles. The zero-order chi connectivity index (χ0) is 28.0. The molecule has 0 aliphatic heterocycles. The summed E-state index contributed by atoms with van der Waals surface area (Å²) in [5.74, 6) is 0.805. The van der Waals surface area contributed by atoms with Crippen LogP contribution in [-0.4, -0.2) is 38.4 Å². The molecule has 3 rings (SSSR count). The van der Waals surface area contributed by atoms with Gasteiger partial charge in [0.15, 0.2) is 8.32 Å². The van der Waals surface area contributed by atoms with Crippen LogP contribution >= 0.6 is 7.60 Å². The highest BCUT2D eigenvalue weighted by Crippen LogP contribution is 2.51. The topological polar surface area (TPSA) is 71.8 Å². The van der Waals surface area contributed by atoms with Crippen molar-refractivity contribution in [3.8, 4) is 17.0 Å². The lowest BCUT2D eigenvalue weighted by Crippen LogP contribution is -2.40. The van der Waals surface area contributed by atoms with Gasteiger partial charge in [-0.15, -0.1) is 0 Å². The number of hydrogen-bond acceptors (Lipinski definition) is 6. The molecule has 0 aliphatic carbocycles. The van der Waals surface area contributed by atoms with Crippen LogP contribution in [-0.2, 0) is 37.4 Å². The summed E-state index contributed by atoms with van der Waals surface area (Å²) in [6.45, 7) is 16.7. The number of aromatic nitrogens is 2. The molecule has 1 aromatic heterocycles. The minimum Gasteiger partial charge on any atom is -0.497 e. The largest absolute Gasteiger partial charge is 0.497 e. The number of benzene rings is 2. The molecule has 0 amide bonds. The van der Waals surface area contributed by atoms with Crippen LogP contribution in [0.4, 0.5) is 0 Å². The van der Waals surface area contributed by atoms with E-state index in [2.05, 4.69) is 58.1 Å². The maximum atomic E-state index is 13.3. The molecule has 0 saturated heterocycles. The van der Waals surface area contributed by atoms with E-state index < -0.39 is 15.9 Å². The summed E-state index contributed by atoms with van der Waals surface area (Å²) in [7, 11) is -3.52. The van der Waals surface area contributed by atoms with E-state index in [1.165, 1.54) is 0 Å². The molecular weight excluding hydrogens is 515 g/mol. The lowest BCUT2D eigenvalue weighted by atomic mass is 10.1. The molecule has 0 atom stereocenters. The summed E-state index contributed by atoms with van der Waals surface area (Å²) in [5, 5.41) is 4.99. The molecule has 0 aliphatic rings. The van der Waals surface area contributed by atoms with Gasteiger partial charge >= 0.3 is 7.60 Å². The number of methoxy groups -OCH3 is 1. The van der Waals surface area contributed by atoms with Crippen LogP contribution < -0.4 is 4.74 Å². The average Bonchev–Trinajstić information content (AvgIpc) is 3.24. The first-order valence-corrected chi connectivity index (χ1v) is 17.8. The van der Waals surface area contributed by atoms with Gasteiger partial charge in [0.25, 0.3) is 0 Å². The van der Waals surface area contributed by atoms with Crippen molar-refractivity contribution >= 4 is 15.9 Å². The monoisotopic (exact) mass is 558 g/mol. The summed E-state index contributed by atoms with van der Waals surface area (Å²) in [6, 6.07) is 18.3. The van der Waals surface area contributed by atoms with Crippen molar-refractivity contribution < 1.29 is 22.8 Å². The minimum atomic E-state index is -3.30. The Kier molecular flexibility index (Phi) is 10.2. The Morgan fingerprint density at radius 1 is 0.947 bits per heavy atom. The summed E-state index contributed by atoms with van der Waals surface area (Å²) in [6.07, 6.45) is 0.117. The van der Waals surface area contributed by atoms with Gasteiger partial charge in [0.1, 0.15) is 5.75 Å². The fraction of sp³-hybridized carbons (Fsp3) is 0.483. The molecule has 9 heteroatoms. The maximum Gasteiger partial charge on any atom is 0.336 e. The normalized spacial score (nSPS) is 12.6. The number of rotatable bonds is 13. The van der Waals surface area contributed by atoms with Gasteiger partial charge in [-0.05, 0) is 67.4 Å². The Balaban J connectivity index is 1.96. The van der Waals surface area contributed by atoms with E-state index in [1.807, 2.05) is 48.9 Å². The van der Waals surface area contributed by atoms with E-state index in [1.54, 1.807) is 7.11 Å². The molecule has 1 heterocycles. The van der Waals surface area contributed by atoms with Crippen molar-refractivity contribution in [2.75, 3.05) is 20.3 Å². The molecule has 7 nitrogen and oxygen atoms in total. The van der Waals surface area contributed by atoms with Crippen LogP contribution in [0.5, 0.6) is 5.75 Å². The van der Waals surface area contributed by atoms with Crippen LogP contribution in [0.3, 0.4) is 0 Å². The third kappa shape index (κ3) is 7.90. The molecule has 0 N–H and O–H groups in total. The first-order chi connectivity index (χ1) is 17.9. The summed E-state index contributed by atoms with van der Waals surface area (Å²) in [4.78, 5) is 0. The van der Waals surface area contributed by atoms with Crippen molar-refractivity contribution in [1.29, 1.82) is 0 Å². The van der Waals surface area contributed by atoms with Crippen LogP contribution in [0, 0.1) is 0 Å². The highest BCUT2D eigenvalue weighted by atomic mass is 31.2. The van der Waals surface area contributed by atoms with Crippen LogP contribution in [0.15, 0.2) is 54.6 Å². The second-order valence-corrected chi connectivity index (χ2v) is 17.7. The maximum absolute atomic E-state index is 13.3. The van der Waals surface area contributed by atoms with Crippen molar-refractivity contribution in [3.05, 3.63) is 71.4 Å². The molecule has 0 unspecified atom stereocenters. The second-order valence-electron chi connectivity index (χ2n) is 10.9. The molecule has 208 valence electrons. The van der Waals surface area contributed by atoms with Gasteiger partial charge in [0.05, 0.1) is 51.0 Å². The predicted octanol–water partition coefficient (Wildman–Crippen LogP) is 7.89. The zero-order valence-corrected chi connectivity index (χ0v) is 26.0. The van der Waals surface area contributed by atoms with Gasteiger partial charge in [-0.1, -0.05) is 51.1 Å². The standard InChI is InChI=1S/C29H43N2O5PSi/c1-9-34-37(32,35-10-2)22-26-19-28(31(30-26)20-23-14-16-27(33-6)17-15-23)25-13-11-12-24(18-25)21-36-38(7,8)29(3,4)5/h11-19H,9-10,20-22H2,1-8H3. The van der Waals surface area contributed by atoms with E-state index in [0.29, 0.717) is 32.1 Å². The highest BCUT2D eigenvalue weighted by molar-refractivity contribution is 7.53. The lowest BCUT2D eigenvalue weighted by molar-refractivity contribution is 0.219. The quantitative estimate of drug-likeness (QED) is 0.157. The Hall–Kier alpha value is -2.22. The third-order valence-corrected chi connectivity index (χ3v) is 13.5. The average molecular weight is 559 g/mol. The fourth-order valence-corrected chi connectivity index (χ4v) is 6.38. The Labute approximate surface area is 229 Å². The van der Waals surface area contributed by atoms with E-state index in [4.69, 9.17) is 23.3 Å². The Morgan fingerprint density at radius 3 is 2.18 bits per heavy atom. The molecule has 0 fully saturated rings. The van der Waals surface area contributed by atoms with Crippen molar-refractivity contribution in [2.24, 2.45) is 0 Å². The van der Waals surface area contributed by atoms with Gasteiger partial charge in [-0.2, -0.15) is 5.10 Å². The minimum absolute atomic E-state index is 0.117. The van der Waals surface area contributed by atoms with Gasteiger partial charge in [-0.3, -0.25) is 9.25 Å². The van der Waals surface area contributed by atoms with Crippen LogP contribution in [0.2, 0.25) is 18.1 Å². The van der Waals surface area contributed by atoms with E-state index in [0.717, 1.165) is 28.1 Å². The summed E-state index contributed by atoms with van der Waals surface area (Å²) in [5.41, 5.74) is 4.82. The third-order valence-electron chi connectivity index (χ3n) is 6.96. The van der Waals surface area contributed by atoms with Gasteiger partial charge in [0.2, 0.25) is 0 Å². The van der Waals surface area contributed by atoms with Gasteiger partial charge in [0, 0.05) is 5.56 Å². The van der Waals surface area contributed by atoms with E-state index >= 15 is 0 Å². The zero-order valence-electron chi connectivity index (χ0n) is 24.1. The number of ether oxygens (including phenoxy) is 1. The van der Waals surface area contributed by atoms with Gasteiger partial charge in [-0.25, -0.2) is 0 Å². The van der Waals surface area contributed by atoms with E-state index in [9.17, 15) is 4.57 Å². The number of nitrogens with zero attached hydrogens (tertiary/aromatic N) is 2. The molecule has 0 radical (unpaired) electrons. The van der Waals surface area contributed by atoms with Crippen molar-refractivity contribution in [3.63, 3.8) is 0 Å².